The number of isothiocyanates is 1. The molecule has 1 rings (SSSR count). The highest BCUT2D eigenvalue weighted by Crippen LogP contribution is 2.19. The number of aliphatic imine (C=N–C) groups is 1. The zero-order valence-electron chi connectivity index (χ0n) is 6.62. The van der Waals surface area contributed by atoms with E-state index in [4.69, 9.17) is 11.6 Å². The minimum atomic E-state index is 0.0428. The van der Waals surface area contributed by atoms with E-state index in [-0.39, 0.29) is 6.04 Å². The molecule has 1 aromatic carbocycles. The smallest absolute Gasteiger partial charge is 0.0824 e. The fourth-order valence-electron chi connectivity index (χ4n) is 0.920. The molecule has 0 aliphatic heterocycles. The molecule has 1 unspecified atom stereocenters. The van der Waals surface area contributed by atoms with E-state index < -0.39 is 0 Å². The van der Waals surface area contributed by atoms with Gasteiger partial charge in [-0.1, -0.05) is 23.7 Å². The van der Waals surface area contributed by atoms with E-state index in [9.17, 15) is 0 Å². The third kappa shape index (κ3) is 2.42. The number of hydrogen-bond acceptors (Lipinski definition) is 2. The molecule has 0 saturated heterocycles. The summed E-state index contributed by atoms with van der Waals surface area (Å²) in [5.74, 6) is 0. The minimum Gasteiger partial charge on any atom is -0.225 e. The van der Waals surface area contributed by atoms with E-state index >= 15 is 0 Å². The molecule has 0 N–H and O–H groups in total. The Labute approximate surface area is 82.1 Å². The van der Waals surface area contributed by atoms with Crippen molar-refractivity contribution in [2.45, 2.75) is 13.0 Å². The van der Waals surface area contributed by atoms with Crippen LogP contribution in [0.15, 0.2) is 29.3 Å². The average molecular weight is 198 g/mol. The largest absolute Gasteiger partial charge is 0.225 e. The quantitative estimate of drug-likeness (QED) is 0.522. The molecule has 0 amide bonds. The van der Waals surface area contributed by atoms with Crippen LogP contribution in [0.5, 0.6) is 0 Å². The van der Waals surface area contributed by atoms with Gasteiger partial charge in [0.1, 0.15) is 0 Å². The predicted octanol–water partition coefficient (Wildman–Crippen LogP) is 3.50. The highest BCUT2D eigenvalue weighted by atomic mass is 35.5. The van der Waals surface area contributed by atoms with Crippen LogP contribution in [0.3, 0.4) is 0 Å². The van der Waals surface area contributed by atoms with Gasteiger partial charge >= 0.3 is 0 Å². The summed E-state index contributed by atoms with van der Waals surface area (Å²) in [4.78, 5) is 3.94. The van der Waals surface area contributed by atoms with Gasteiger partial charge in [0.25, 0.3) is 0 Å². The molecule has 0 fully saturated rings. The topological polar surface area (TPSA) is 12.4 Å². The lowest BCUT2D eigenvalue weighted by Crippen LogP contribution is -1.87. The van der Waals surface area contributed by atoms with Crippen molar-refractivity contribution < 1.29 is 0 Å². The molecule has 1 aromatic rings. The zero-order valence-corrected chi connectivity index (χ0v) is 8.19. The molecule has 0 spiro atoms. The summed E-state index contributed by atoms with van der Waals surface area (Å²) in [7, 11) is 0. The maximum atomic E-state index is 5.80. The van der Waals surface area contributed by atoms with Crippen molar-refractivity contribution in [1.82, 2.24) is 0 Å². The summed E-state index contributed by atoms with van der Waals surface area (Å²) < 4.78 is 0. The van der Waals surface area contributed by atoms with Crippen LogP contribution in [0.1, 0.15) is 18.5 Å². The first-order chi connectivity index (χ1) is 5.74. The number of thiocarbonyl (C=S) groups is 1. The Balaban J connectivity index is 2.94. The van der Waals surface area contributed by atoms with Crippen molar-refractivity contribution in [1.29, 1.82) is 0 Å². The second kappa shape index (κ2) is 4.36. The second-order valence-electron chi connectivity index (χ2n) is 2.45. The molecule has 62 valence electrons. The monoisotopic (exact) mass is 197 g/mol. The van der Waals surface area contributed by atoms with Crippen LogP contribution in [-0.2, 0) is 0 Å². The number of benzene rings is 1. The highest BCUT2D eigenvalue weighted by molar-refractivity contribution is 7.78. The number of rotatable bonds is 2. The lowest BCUT2D eigenvalue weighted by Gasteiger charge is -2.03. The summed E-state index contributed by atoms with van der Waals surface area (Å²) in [5, 5.41) is 3.07. The SMILES string of the molecule is CC(N=C=S)c1cccc(Cl)c1. The number of hydrogen-bond donors (Lipinski definition) is 0. The van der Waals surface area contributed by atoms with Gasteiger partial charge in [0, 0.05) is 5.02 Å². The van der Waals surface area contributed by atoms with E-state index in [0.717, 1.165) is 10.6 Å². The van der Waals surface area contributed by atoms with Gasteiger partial charge in [0.2, 0.25) is 0 Å². The van der Waals surface area contributed by atoms with Gasteiger partial charge in [0.05, 0.1) is 11.2 Å². The molecule has 1 nitrogen and oxygen atoms in total. The summed E-state index contributed by atoms with van der Waals surface area (Å²) in [5.41, 5.74) is 1.06. The maximum absolute atomic E-state index is 5.80. The van der Waals surface area contributed by atoms with Crippen molar-refractivity contribution in [2.24, 2.45) is 4.99 Å². The Kier molecular flexibility index (Phi) is 3.42. The zero-order chi connectivity index (χ0) is 8.97. The molecule has 0 saturated carbocycles. The minimum absolute atomic E-state index is 0.0428. The van der Waals surface area contributed by atoms with Gasteiger partial charge in [-0.3, -0.25) is 0 Å². The molecule has 1 atom stereocenters. The van der Waals surface area contributed by atoms with Gasteiger partial charge < -0.3 is 0 Å². The third-order valence-corrected chi connectivity index (χ3v) is 1.92. The molecule has 3 heteroatoms. The van der Waals surface area contributed by atoms with E-state index in [0.29, 0.717) is 0 Å². The van der Waals surface area contributed by atoms with E-state index in [1.807, 2.05) is 31.2 Å². The fourth-order valence-corrected chi connectivity index (χ4v) is 1.28. The lowest BCUT2D eigenvalue weighted by molar-refractivity contribution is 0.828. The molecule has 0 heterocycles. The standard InChI is InChI=1S/C9H8ClNS/c1-7(11-6-12)8-3-2-4-9(10)5-8/h2-5,7H,1H3. The van der Waals surface area contributed by atoms with Gasteiger partial charge in [-0.05, 0) is 36.8 Å². The summed E-state index contributed by atoms with van der Waals surface area (Å²) >= 11 is 10.3. The van der Waals surface area contributed by atoms with Crippen LogP contribution in [0.4, 0.5) is 0 Å². The van der Waals surface area contributed by atoms with Crippen LogP contribution in [-0.4, -0.2) is 5.16 Å². The van der Waals surface area contributed by atoms with Crippen molar-refractivity contribution >= 4 is 29.0 Å². The second-order valence-corrected chi connectivity index (χ2v) is 3.07. The number of nitrogens with zero attached hydrogens (tertiary/aromatic N) is 1. The first-order valence-electron chi connectivity index (χ1n) is 3.56. The molecule has 12 heavy (non-hydrogen) atoms. The molecular weight excluding hydrogens is 190 g/mol. The van der Waals surface area contributed by atoms with Crippen molar-refractivity contribution in [3.05, 3.63) is 34.9 Å². The average Bonchev–Trinajstić information content (AvgIpc) is 2.05. The number of halogens is 1. The Morgan fingerprint density at radius 3 is 2.92 bits per heavy atom. The first kappa shape index (κ1) is 9.40. The van der Waals surface area contributed by atoms with Gasteiger partial charge in [0.15, 0.2) is 0 Å². The van der Waals surface area contributed by atoms with Gasteiger partial charge in [-0.15, -0.1) is 0 Å². The third-order valence-electron chi connectivity index (χ3n) is 1.58. The predicted molar refractivity (Wildman–Crippen MR) is 54.9 cm³/mol. The molecule has 0 bridgehead atoms. The lowest BCUT2D eigenvalue weighted by atomic mass is 10.1. The van der Waals surface area contributed by atoms with Crippen LogP contribution in [0.2, 0.25) is 5.02 Å². The Hall–Kier alpha value is -0.690. The van der Waals surface area contributed by atoms with E-state index in [1.54, 1.807) is 0 Å². The molecular formula is C9H8ClNS. The first-order valence-corrected chi connectivity index (χ1v) is 4.35. The summed E-state index contributed by atoms with van der Waals surface area (Å²) in [6.07, 6.45) is 0. The summed E-state index contributed by atoms with van der Waals surface area (Å²) in [6, 6.07) is 7.61. The fraction of sp³-hybridized carbons (Fsp3) is 0.222. The molecule has 0 aromatic heterocycles. The van der Waals surface area contributed by atoms with E-state index in [2.05, 4.69) is 22.4 Å². The van der Waals surface area contributed by atoms with Crippen molar-refractivity contribution in [2.75, 3.05) is 0 Å². The Morgan fingerprint density at radius 2 is 2.33 bits per heavy atom. The van der Waals surface area contributed by atoms with Gasteiger partial charge in [-0.2, -0.15) is 0 Å². The molecule has 0 radical (unpaired) electrons. The van der Waals surface area contributed by atoms with E-state index in [1.165, 1.54) is 0 Å². The van der Waals surface area contributed by atoms with Crippen molar-refractivity contribution in [3.8, 4) is 0 Å². The van der Waals surface area contributed by atoms with Crippen LogP contribution in [0, 0.1) is 0 Å². The van der Waals surface area contributed by atoms with Crippen LogP contribution >= 0.6 is 23.8 Å². The Morgan fingerprint density at radius 1 is 1.58 bits per heavy atom. The van der Waals surface area contributed by atoms with Gasteiger partial charge in [-0.25, -0.2) is 4.99 Å². The maximum Gasteiger partial charge on any atom is 0.0824 e. The van der Waals surface area contributed by atoms with Crippen LogP contribution < -0.4 is 0 Å². The van der Waals surface area contributed by atoms with Crippen molar-refractivity contribution in [3.63, 3.8) is 0 Å². The Bertz CT molecular complexity index is 318. The van der Waals surface area contributed by atoms with Crippen LogP contribution in [0.25, 0.3) is 0 Å². The molecule has 0 aliphatic rings. The highest BCUT2D eigenvalue weighted by Gasteiger charge is 2.01. The normalized spacial score (nSPS) is 11.8. The summed E-state index contributed by atoms with van der Waals surface area (Å²) in [6.45, 7) is 1.95. The molecule has 0 aliphatic carbocycles.